The van der Waals surface area contributed by atoms with Crippen LogP contribution in [0.1, 0.15) is 66.6 Å². The molecule has 0 bridgehead atoms. The lowest BCUT2D eigenvalue weighted by atomic mass is 9.94. The molecule has 166 valence electrons. The van der Waals surface area contributed by atoms with Gasteiger partial charge in [0.05, 0.1) is 29.0 Å². The van der Waals surface area contributed by atoms with Gasteiger partial charge in [-0.1, -0.05) is 26.8 Å². The highest BCUT2D eigenvalue weighted by Crippen LogP contribution is 2.37. The monoisotopic (exact) mass is 443 g/mol. The van der Waals surface area contributed by atoms with E-state index in [0.29, 0.717) is 22.9 Å². The number of phenols is 1. The lowest BCUT2D eigenvalue weighted by molar-refractivity contribution is 0.0823. The molecule has 0 spiro atoms. The van der Waals surface area contributed by atoms with Crippen LogP contribution in [0.15, 0.2) is 28.7 Å². The van der Waals surface area contributed by atoms with E-state index in [1.54, 1.807) is 20.2 Å². The van der Waals surface area contributed by atoms with E-state index in [0.717, 1.165) is 35.2 Å². The molecule has 8 nitrogen and oxygen atoms in total. The predicted octanol–water partition coefficient (Wildman–Crippen LogP) is 5.28. The zero-order valence-electron chi connectivity index (χ0n) is 18.7. The van der Waals surface area contributed by atoms with E-state index < -0.39 is 0 Å². The predicted molar refractivity (Wildman–Crippen MR) is 124 cm³/mol. The van der Waals surface area contributed by atoms with Crippen molar-refractivity contribution in [3.63, 3.8) is 0 Å². The molecule has 31 heavy (non-hydrogen) atoms. The van der Waals surface area contributed by atoms with Gasteiger partial charge in [0.15, 0.2) is 17.4 Å². The van der Waals surface area contributed by atoms with Gasteiger partial charge in [-0.15, -0.1) is 0 Å². The topological polar surface area (TPSA) is 104 Å². The molecule has 0 saturated heterocycles. The Morgan fingerprint density at radius 1 is 1.19 bits per heavy atom. The van der Waals surface area contributed by atoms with Crippen molar-refractivity contribution in [1.82, 2.24) is 13.6 Å². The Hall–Kier alpha value is -3.07. The van der Waals surface area contributed by atoms with Gasteiger partial charge in [0.1, 0.15) is 11.5 Å². The molecule has 0 saturated carbocycles. The van der Waals surface area contributed by atoms with Gasteiger partial charge in [0.2, 0.25) is 0 Å². The number of furan rings is 1. The second kappa shape index (κ2) is 9.38. The average Bonchev–Trinajstić information content (AvgIpc) is 3.35. The highest BCUT2D eigenvalue weighted by atomic mass is 32.1. The van der Waals surface area contributed by atoms with Crippen LogP contribution in [-0.4, -0.2) is 38.8 Å². The number of rotatable bonds is 8. The van der Waals surface area contributed by atoms with Crippen LogP contribution in [0.2, 0.25) is 0 Å². The Morgan fingerprint density at radius 3 is 2.48 bits per heavy atom. The van der Waals surface area contributed by atoms with Crippen LogP contribution < -0.4 is 10.6 Å². The molecule has 2 aromatic heterocycles. The minimum Gasteiger partial charge on any atom is -0.505 e. The number of carbonyl (C=O) groups excluding carboxylic acids is 1. The molecule has 0 aliphatic rings. The number of amides is 1. The number of benzene rings is 1. The maximum atomic E-state index is 12.7. The summed E-state index contributed by atoms with van der Waals surface area (Å²) in [5.41, 5.74) is 1.48. The molecule has 0 aliphatic carbocycles. The van der Waals surface area contributed by atoms with Crippen molar-refractivity contribution in [1.29, 1.82) is 0 Å². The number of hydrogen-bond acceptors (Lipinski definition) is 8. The molecule has 9 heteroatoms. The quantitative estimate of drug-likeness (QED) is 0.407. The van der Waals surface area contributed by atoms with Crippen molar-refractivity contribution in [3.8, 4) is 5.75 Å². The summed E-state index contributed by atoms with van der Waals surface area (Å²) in [6.45, 7) is 7.94. The summed E-state index contributed by atoms with van der Waals surface area (Å²) in [6, 6.07) is 7.42. The van der Waals surface area contributed by atoms with Gasteiger partial charge in [0.25, 0.3) is 5.91 Å². The van der Waals surface area contributed by atoms with Crippen molar-refractivity contribution in [2.24, 2.45) is 0 Å². The lowest BCUT2D eigenvalue weighted by Crippen LogP contribution is -2.23. The Labute approximate surface area is 186 Å². The van der Waals surface area contributed by atoms with Crippen molar-refractivity contribution in [3.05, 3.63) is 46.9 Å². The fraction of sp³-hybridized carbons (Fsp3) is 0.409. The Morgan fingerprint density at radius 2 is 1.90 bits per heavy atom. The summed E-state index contributed by atoms with van der Waals surface area (Å²) in [5.74, 6) is 2.43. The van der Waals surface area contributed by atoms with E-state index in [4.69, 9.17) is 4.42 Å². The Bertz CT molecular complexity index is 1060. The molecule has 2 heterocycles. The molecule has 0 aliphatic heterocycles. The summed E-state index contributed by atoms with van der Waals surface area (Å²) in [7, 11) is 3.33. The van der Waals surface area contributed by atoms with Crippen LogP contribution in [0, 0.1) is 6.92 Å². The van der Waals surface area contributed by atoms with Crippen molar-refractivity contribution in [2.45, 2.75) is 46.1 Å². The largest absolute Gasteiger partial charge is 0.505 e. The number of aromatic nitrogens is 2. The molecular formula is C22H29N5O3S. The molecule has 3 aromatic rings. The maximum absolute atomic E-state index is 12.7. The number of aryl methyl sites for hydroxylation is 1. The Balaban J connectivity index is 1.91. The number of anilines is 3. The van der Waals surface area contributed by atoms with Gasteiger partial charge in [-0.2, -0.15) is 8.75 Å². The average molecular weight is 444 g/mol. The highest BCUT2D eigenvalue weighted by molar-refractivity contribution is 6.99. The zero-order chi connectivity index (χ0) is 22.7. The number of hydrogen-bond donors (Lipinski definition) is 3. The lowest BCUT2D eigenvalue weighted by Gasteiger charge is -2.20. The third-order valence-electron chi connectivity index (χ3n) is 5.02. The first-order valence-electron chi connectivity index (χ1n) is 10.2. The molecular weight excluding hydrogens is 414 g/mol. The normalized spacial score (nSPS) is 12.1. The van der Waals surface area contributed by atoms with Gasteiger partial charge in [-0.05, 0) is 43.0 Å². The molecule has 1 atom stereocenters. The smallest absolute Gasteiger partial charge is 0.257 e. The van der Waals surface area contributed by atoms with E-state index >= 15 is 0 Å². The van der Waals surface area contributed by atoms with Crippen molar-refractivity contribution in [2.75, 3.05) is 24.7 Å². The number of carbonyl (C=O) groups is 1. The van der Waals surface area contributed by atoms with Crippen molar-refractivity contribution >= 4 is 35.0 Å². The van der Waals surface area contributed by atoms with E-state index in [-0.39, 0.29) is 23.6 Å². The molecule has 1 amide bonds. The van der Waals surface area contributed by atoms with E-state index in [2.05, 4.69) is 26.3 Å². The van der Waals surface area contributed by atoms with Gasteiger partial charge in [-0.25, -0.2) is 0 Å². The van der Waals surface area contributed by atoms with Crippen LogP contribution in [-0.2, 0) is 0 Å². The molecule has 0 unspecified atom stereocenters. The molecule has 3 N–H and O–H groups in total. The number of nitrogens with one attached hydrogen (secondary N) is 2. The first kappa shape index (κ1) is 22.6. The highest BCUT2D eigenvalue weighted by Gasteiger charge is 2.24. The summed E-state index contributed by atoms with van der Waals surface area (Å²) >= 11 is 1.06. The van der Waals surface area contributed by atoms with Crippen LogP contribution in [0.4, 0.5) is 17.3 Å². The summed E-state index contributed by atoms with van der Waals surface area (Å²) in [4.78, 5) is 14.2. The van der Waals surface area contributed by atoms with Gasteiger partial charge < -0.3 is 25.1 Å². The third-order valence-corrected chi connectivity index (χ3v) is 5.55. The van der Waals surface area contributed by atoms with Crippen LogP contribution in [0.25, 0.3) is 0 Å². The van der Waals surface area contributed by atoms with Crippen molar-refractivity contribution < 1.29 is 14.3 Å². The molecule has 3 rings (SSSR count). The summed E-state index contributed by atoms with van der Waals surface area (Å²) in [5, 5.41) is 17.4. The Kier molecular flexibility index (Phi) is 6.84. The first-order valence-corrected chi connectivity index (χ1v) is 11.0. The molecule has 1 aromatic carbocycles. The van der Waals surface area contributed by atoms with E-state index in [9.17, 15) is 9.90 Å². The fourth-order valence-corrected chi connectivity index (χ4v) is 3.79. The summed E-state index contributed by atoms with van der Waals surface area (Å²) in [6.07, 6.45) is 0.791. The minimum atomic E-state index is -0.251. The number of aromatic hydroxyl groups is 1. The van der Waals surface area contributed by atoms with Gasteiger partial charge in [-0.3, -0.25) is 4.79 Å². The van der Waals surface area contributed by atoms with Crippen LogP contribution >= 0.6 is 11.7 Å². The minimum absolute atomic E-state index is 0.0686. The fourth-order valence-electron chi connectivity index (χ4n) is 3.31. The molecule has 0 fully saturated rings. The SMILES string of the molecule is CC[C@@H](Nc1nsnc1Nc1ccc(C(C)C)c(C(=O)N(C)C)c1O)c1ccc(C)o1. The van der Waals surface area contributed by atoms with E-state index in [1.165, 1.54) is 4.90 Å². The van der Waals surface area contributed by atoms with E-state index in [1.807, 2.05) is 39.0 Å². The zero-order valence-corrected chi connectivity index (χ0v) is 19.5. The summed E-state index contributed by atoms with van der Waals surface area (Å²) < 4.78 is 14.4. The van der Waals surface area contributed by atoms with Gasteiger partial charge >= 0.3 is 0 Å². The third kappa shape index (κ3) is 4.82. The second-order valence-electron chi connectivity index (χ2n) is 7.92. The van der Waals surface area contributed by atoms with Crippen LogP contribution in [0.5, 0.6) is 5.75 Å². The first-order chi connectivity index (χ1) is 14.7. The van der Waals surface area contributed by atoms with Gasteiger partial charge in [0, 0.05) is 14.1 Å². The van der Waals surface area contributed by atoms with Crippen LogP contribution in [0.3, 0.4) is 0 Å². The maximum Gasteiger partial charge on any atom is 0.257 e. The number of phenolic OH excluding ortho intramolecular Hbond substituents is 1. The second-order valence-corrected chi connectivity index (χ2v) is 8.45. The number of nitrogens with zero attached hydrogens (tertiary/aromatic N) is 3. The molecule has 0 radical (unpaired) electrons. The standard InChI is InChI=1S/C22H29N5O3S/c1-7-15(17-11-8-13(4)30-17)23-20-21(26-31-25-20)24-16-10-9-14(12(2)3)18(19(16)28)22(29)27(5)6/h8-12,15,28H,7H2,1-6H3,(H,23,25)(H,24,26)/t15-/m1/s1.